The standard InChI is InChI=1S/C21H31N3O4S/c25-21(16-23-14-15-28-20-9-5-4-8-19(20)23)22-10-12-24(13-11-22)29(26,27)17-18-6-2-1-3-7-18/h1-3,6-7,19-20H,4-5,8-17H2. The number of carbonyl (C=O) groups is 1. The average Bonchev–Trinajstić information content (AvgIpc) is 2.74. The minimum absolute atomic E-state index is 0.0125. The summed E-state index contributed by atoms with van der Waals surface area (Å²) in [6.45, 7) is 3.59. The summed E-state index contributed by atoms with van der Waals surface area (Å²) in [5, 5.41) is 0. The van der Waals surface area contributed by atoms with Crippen molar-refractivity contribution in [3.63, 3.8) is 0 Å². The smallest absolute Gasteiger partial charge is 0.236 e. The maximum atomic E-state index is 12.9. The van der Waals surface area contributed by atoms with Gasteiger partial charge >= 0.3 is 0 Å². The van der Waals surface area contributed by atoms with E-state index in [1.807, 2.05) is 35.2 Å². The van der Waals surface area contributed by atoms with Gasteiger partial charge in [0.25, 0.3) is 0 Å². The number of fused-ring (bicyclic) bond motifs is 1. The normalized spacial score (nSPS) is 26.8. The zero-order valence-electron chi connectivity index (χ0n) is 16.9. The molecule has 8 heteroatoms. The van der Waals surface area contributed by atoms with Crippen LogP contribution in [0, 0.1) is 0 Å². The van der Waals surface area contributed by atoms with E-state index in [4.69, 9.17) is 4.74 Å². The van der Waals surface area contributed by atoms with Gasteiger partial charge < -0.3 is 9.64 Å². The van der Waals surface area contributed by atoms with Crippen molar-refractivity contribution in [3.05, 3.63) is 35.9 Å². The number of nitrogens with zero attached hydrogens (tertiary/aromatic N) is 3. The number of hydrogen-bond acceptors (Lipinski definition) is 5. The van der Waals surface area contributed by atoms with Crippen molar-refractivity contribution in [3.8, 4) is 0 Å². The molecular weight excluding hydrogens is 390 g/mol. The van der Waals surface area contributed by atoms with Gasteiger partial charge in [-0.1, -0.05) is 43.2 Å². The molecule has 29 heavy (non-hydrogen) atoms. The first kappa shape index (κ1) is 20.8. The molecule has 0 spiro atoms. The van der Waals surface area contributed by atoms with E-state index >= 15 is 0 Å². The summed E-state index contributed by atoms with van der Waals surface area (Å²) in [7, 11) is -3.36. The van der Waals surface area contributed by atoms with Crippen molar-refractivity contribution in [2.45, 2.75) is 43.6 Å². The van der Waals surface area contributed by atoms with Crippen molar-refractivity contribution in [2.75, 3.05) is 45.9 Å². The molecule has 2 atom stereocenters. The zero-order chi connectivity index (χ0) is 20.3. The molecule has 1 amide bonds. The monoisotopic (exact) mass is 421 g/mol. The molecule has 3 aliphatic rings. The van der Waals surface area contributed by atoms with Gasteiger partial charge in [0.1, 0.15) is 0 Å². The highest BCUT2D eigenvalue weighted by Gasteiger charge is 2.36. The first-order valence-corrected chi connectivity index (χ1v) is 12.3. The van der Waals surface area contributed by atoms with E-state index in [0.29, 0.717) is 45.4 Å². The maximum Gasteiger partial charge on any atom is 0.236 e. The van der Waals surface area contributed by atoms with E-state index in [9.17, 15) is 13.2 Å². The van der Waals surface area contributed by atoms with Crippen LogP contribution in [0.1, 0.15) is 31.2 Å². The fraction of sp³-hybridized carbons (Fsp3) is 0.667. The molecule has 0 radical (unpaired) electrons. The summed E-state index contributed by atoms with van der Waals surface area (Å²) in [4.78, 5) is 17.0. The van der Waals surface area contributed by atoms with Gasteiger partial charge in [-0.3, -0.25) is 9.69 Å². The molecule has 1 aromatic rings. The molecule has 2 saturated heterocycles. The predicted molar refractivity (Wildman–Crippen MR) is 111 cm³/mol. The lowest BCUT2D eigenvalue weighted by atomic mass is 9.90. The predicted octanol–water partition coefficient (Wildman–Crippen LogP) is 1.30. The summed E-state index contributed by atoms with van der Waals surface area (Å²) in [5.74, 6) is 0.120. The van der Waals surface area contributed by atoms with Gasteiger partial charge in [0.05, 0.1) is 25.0 Å². The molecule has 160 valence electrons. The Morgan fingerprint density at radius 3 is 2.48 bits per heavy atom. The van der Waals surface area contributed by atoms with E-state index in [2.05, 4.69) is 4.90 Å². The first-order valence-electron chi connectivity index (χ1n) is 10.7. The highest BCUT2D eigenvalue weighted by atomic mass is 32.2. The summed E-state index contributed by atoms with van der Waals surface area (Å²) < 4.78 is 32.8. The lowest BCUT2D eigenvalue weighted by Gasteiger charge is -2.44. The van der Waals surface area contributed by atoms with Crippen molar-refractivity contribution in [1.29, 1.82) is 0 Å². The zero-order valence-corrected chi connectivity index (χ0v) is 17.7. The summed E-state index contributed by atoms with van der Waals surface area (Å²) in [5.41, 5.74) is 0.792. The van der Waals surface area contributed by atoms with Crippen molar-refractivity contribution in [2.24, 2.45) is 0 Å². The number of carbonyl (C=O) groups excluding carboxylic acids is 1. The summed E-state index contributed by atoms with van der Waals surface area (Å²) in [6.07, 6.45) is 4.87. The lowest BCUT2D eigenvalue weighted by molar-refractivity contribution is -0.140. The van der Waals surface area contributed by atoms with Crippen LogP contribution < -0.4 is 0 Å². The number of sulfonamides is 1. The molecular formula is C21H31N3O4S. The van der Waals surface area contributed by atoms with Gasteiger partial charge in [0.2, 0.25) is 15.9 Å². The van der Waals surface area contributed by atoms with Gasteiger partial charge in [-0.2, -0.15) is 4.31 Å². The van der Waals surface area contributed by atoms with Crippen LogP contribution in [0.4, 0.5) is 0 Å². The quantitative estimate of drug-likeness (QED) is 0.717. The average molecular weight is 422 g/mol. The molecule has 0 N–H and O–H groups in total. The molecule has 7 nitrogen and oxygen atoms in total. The van der Waals surface area contributed by atoms with Crippen LogP contribution in [0.25, 0.3) is 0 Å². The largest absolute Gasteiger partial charge is 0.375 e. The Morgan fingerprint density at radius 2 is 1.72 bits per heavy atom. The Kier molecular flexibility index (Phi) is 6.53. The summed E-state index contributed by atoms with van der Waals surface area (Å²) in [6, 6.07) is 9.60. The van der Waals surface area contributed by atoms with Crippen LogP contribution in [0.15, 0.2) is 30.3 Å². The topological polar surface area (TPSA) is 70.2 Å². The summed E-state index contributed by atoms with van der Waals surface area (Å²) >= 11 is 0. The van der Waals surface area contributed by atoms with Gasteiger partial charge in [0, 0.05) is 38.8 Å². The number of hydrogen-bond donors (Lipinski definition) is 0. The molecule has 3 fully saturated rings. The third-order valence-electron chi connectivity index (χ3n) is 6.36. The van der Waals surface area contributed by atoms with Gasteiger partial charge in [-0.05, 0) is 18.4 Å². The van der Waals surface area contributed by atoms with E-state index in [1.54, 1.807) is 0 Å². The van der Waals surface area contributed by atoms with Gasteiger partial charge in [-0.25, -0.2) is 8.42 Å². The number of morpholine rings is 1. The lowest BCUT2D eigenvalue weighted by Crippen LogP contribution is -2.57. The Bertz CT molecular complexity index is 791. The molecule has 2 heterocycles. The maximum absolute atomic E-state index is 12.9. The fourth-order valence-corrected chi connectivity index (χ4v) is 6.25. The van der Waals surface area contributed by atoms with Crippen LogP contribution in [-0.2, 0) is 25.3 Å². The number of benzene rings is 1. The van der Waals surface area contributed by atoms with Crippen molar-refractivity contribution >= 4 is 15.9 Å². The number of ether oxygens (including phenoxy) is 1. The Balaban J connectivity index is 1.29. The first-order chi connectivity index (χ1) is 14.0. The molecule has 2 aliphatic heterocycles. The number of piperazine rings is 1. The van der Waals surface area contributed by atoms with E-state index in [0.717, 1.165) is 24.9 Å². The van der Waals surface area contributed by atoms with Crippen molar-refractivity contribution < 1.29 is 17.9 Å². The van der Waals surface area contributed by atoms with E-state index < -0.39 is 10.0 Å². The highest BCUT2D eigenvalue weighted by Crippen LogP contribution is 2.28. The van der Waals surface area contributed by atoms with E-state index in [-0.39, 0.29) is 17.8 Å². The van der Waals surface area contributed by atoms with E-state index in [1.165, 1.54) is 17.1 Å². The third-order valence-corrected chi connectivity index (χ3v) is 8.21. The fourth-order valence-electron chi connectivity index (χ4n) is 4.74. The molecule has 4 rings (SSSR count). The molecule has 2 unspecified atom stereocenters. The molecule has 1 saturated carbocycles. The van der Waals surface area contributed by atoms with Crippen LogP contribution in [-0.4, -0.2) is 86.5 Å². The van der Waals surface area contributed by atoms with Crippen LogP contribution in [0.5, 0.6) is 0 Å². The van der Waals surface area contributed by atoms with Gasteiger partial charge in [-0.15, -0.1) is 0 Å². The second-order valence-corrected chi connectivity index (χ2v) is 10.2. The van der Waals surface area contributed by atoms with Crippen LogP contribution >= 0.6 is 0 Å². The van der Waals surface area contributed by atoms with Gasteiger partial charge in [0.15, 0.2) is 0 Å². The molecule has 1 aliphatic carbocycles. The minimum Gasteiger partial charge on any atom is -0.375 e. The van der Waals surface area contributed by atoms with Crippen LogP contribution in [0.3, 0.4) is 0 Å². The van der Waals surface area contributed by atoms with Crippen molar-refractivity contribution in [1.82, 2.24) is 14.1 Å². The third kappa shape index (κ3) is 4.99. The second kappa shape index (κ2) is 9.12. The van der Waals surface area contributed by atoms with Crippen LogP contribution in [0.2, 0.25) is 0 Å². The minimum atomic E-state index is -3.36. The number of amides is 1. The number of rotatable bonds is 5. The highest BCUT2D eigenvalue weighted by molar-refractivity contribution is 7.88. The SMILES string of the molecule is O=C(CN1CCOC2CCCCC21)N1CCN(S(=O)(=O)Cc2ccccc2)CC1. The Labute approximate surface area is 173 Å². The molecule has 0 aromatic heterocycles. The molecule has 1 aromatic carbocycles. The second-order valence-electron chi connectivity index (χ2n) is 8.25. The Morgan fingerprint density at radius 1 is 1.00 bits per heavy atom. The Hall–Kier alpha value is -1.48. The molecule has 0 bridgehead atoms.